The van der Waals surface area contributed by atoms with Crippen molar-refractivity contribution in [2.24, 2.45) is 0 Å². The standard InChI is InChI=1S/C7H2BrClF3I/c8-4-2-5(9)3(1-6(4)13)7(10,11)12/h1-2H. The summed E-state index contributed by atoms with van der Waals surface area (Å²) in [5, 5.41) is -0.292. The Bertz CT molecular complexity index is 337. The fraction of sp³-hybridized carbons (Fsp3) is 0.143. The smallest absolute Gasteiger partial charge is 0.166 e. The van der Waals surface area contributed by atoms with Crippen LogP contribution in [0.3, 0.4) is 0 Å². The number of hydrogen-bond acceptors (Lipinski definition) is 0. The van der Waals surface area contributed by atoms with Gasteiger partial charge in [-0.2, -0.15) is 13.2 Å². The monoisotopic (exact) mass is 384 g/mol. The zero-order valence-electron chi connectivity index (χ0n) is 5.92. The largest absolute Gasteiger partial charge is 0.417 e. The van der Waals surface area contributed by atoms with Gasteiger partial charge in [-0.1, -0.05) is 11.6 Å². The molecule has 0 bridgehead atoms. The molecule has 0 aromatic heterocycles. The predicted octanol–water partition coefficient (Wildman–Crippen LogP) is 4.73. The van der Waals surface area contributed by atoms with Gasteiger partial charge in [0.2, 0.25) is 0 Å². The normalized spacial score (nSPS) is 11.8. The van der Waals surface area contributed by atoms with Crippen molar-refractivity contribution in [2.45, 2.75) is 6.18 Å². The minimum Gasteiger partial charge on any atom is -0.166 e. The Labute approximate surface area is 99.7 Å². The van der Waals surface area contributed by atoms with E-state index in [-0.39, 0.29) is 5.02 Å². The maximum absolute atomic E-state index is 12.3. The zero-order chi connectivity index (χ0) is 10.2. The molecular formula is C7H2BrClF3I. The van der Waals surface area contributed by atoms with Crippen LogP contribution in [0.2, 0.25) is 5.02 Å². The molecule has 72 valence electrons. The lowest BCUT2D eigenvalue weighted by molar-refractivity contribution is -0.137. The molecule has 1 aromatic rings. The molecule has 0 nitrogen and oxygen atoms in total. The third-order valence-corrected chi connectivity index (χ3v) is 3.92. The highest BCUT2D eigenvalue weighted by Gasteiger charge is 2.33. The fourth-order valence-corrected chi connectivity index (χ4v) is 1.95. The van der Waals surface area contributed by atoms with Crippen molar-refractivity contribution >= 4 is 50.1 Å². The van der Waals surface area contributed by atoms with E-state index >= 15 is 0 Å². The Kier molecular flexibility index (Phi) is 3.51. The van der Waals surface area contributed by atoms with E-state index in [2.05, 4.69) is 15.9 Å². The van der Waals surface area contributed by atoms with Crippen LogP contribution in [0.15, 0.2) is 16.6 Å². The van der Waals surface area contributed by atoms with Gasteiger partial charge < -0.3 is 0 Å². The summed E-state index contributed by atoms with van der Waals surface area (Å²) >= 11 is 10.3. The SMILES string of the molecule is FC(F)(F)c1cc(I)c(Br)cc1Cl. The highest BCUT2D eigenvalue weighted by molar-refractivity contribution is 14.1. The molecular weight excluding hydrogens is 383 g/mol. The van der Waals surface area contributed by atoms with Gasteiger partial charge in [-0.15, -0.1) is 0 Å². The van der Waals surface area contributed by atoms with E-state index in [4.69, 9.17) is 11.6 Å². The Balaban J connectivity index is 3.32. The van der Waals surface area contributed by atoms with Crippen molar-refractivity contribution in [1.29, 1.82) is 0 Å². The van der Waals surface area contributed by atoms with E-state index in [1.54, 1.807) is 22.6 Å². The predicted molar refractivity (Wildman–Crippen MR) is 56.9 cm³/mol. The lowest BCUT2D eigenvalue weighted by Gasteiger charge is -2.09. The first kappa shape index (κ1) is 11.6. The molecule has 0 aliphatic carbocycles. The van der Waals surface area contributed by atoms with Crippen LogP contribution < -0.4 is 0 Å². The number of hydrogen-bond donors (Lipinski definition) is 0. The van der Waals surface area contributed by atoms with Crippen molar-refractivity contribution in [1.82, 2.24) is 0 Å². The Hall–Kier alpha value is 0.510. The van der Waals surface area contributed by atoms with E-state index in [0.717, 1.165) is 6.07 Å². The van der Waals surface area contributed by atoms with Crippen LogP contribution in [0.4, 0.5) is 13.2 Å². The summed E-state index contributed by atoms with van der Waals surface area (Å²) in [6.45, 7) is 0. The molecule has 0 heterocycles. The summed E-state index contributed by atoms with van der Waals surface area (Å²) < 4.78 is 37.8. The van der Waals surface area contributed by atoms with E-state index < -0.39 is 11.7 Å². The summed E-state index contributed by atoms with van der Waals surface area (Å²) in [5.74, 6) is 0. The first-order valence-electron chi connectivity index (χ1n) is 3.04. The number of alkyl halides is 3. The molecule has 6 heteroatoms. The molecule has 0 amide bonds. The van der Waals surface area contributed by atoms with Gasteiger partial charge in [0.1, 0.15) is 0 Å². The Morgan fingerprint density at radius 2 is 1.85 bits per heavy atom. The molecule has 0 radical (unpaired) electrons. The highest BCUT2D eigenvalue weighted by atomic mass is 127. The summed E-state index contributed by atoms with van der Waals surface area (Å²) in [5.41, 5.74) is -0.804. The second-order valence-corrected chi connectivity index (χ2v) is 4.67. The van der Waals surface area contributed by atoms with Crippen LogP contribution in [-0.4, -0.2) is 0 Å². The van der Waals surface area contributed by atoms with E-state index in [1.807, 2.05) is 0 Å². The second kappa shape index (κ2) is 3.94. The van der Waals surface area contributed by atoms with Gasteiger partial charge in [0.05, 0.1) is 10.6 Å². The van der Waals surface area contributed by atoms with Crippen LogP contribution in [0.1, 0.15) is 5.56 Å². The summed E-state index contributed by atoms with van der Waals surface area (Å²) in [7, 11) is 0. The molecule has 13 heavy (non-hydrogen) atoms. The molecule has 0 atom stereocenters. The van der Waals surface area contributed by atoms with Crippen molar-refractivity contribution in [2.75, 3.05) is 0 Å². The Morgan fingerprint density at radius 1 is 1.31 bits per heavy atom. The molecule has 0 unspecified atom stereocenters. The van der Waals surface area contributed by atoms with Gasteiger partial charge in [-0.25, -0.2) is 0 Å². The molecule has 1 aromatic carbocycles. The fourth-order valence-electron chi connectivity index (χ4n) is 0.740. The van der Waals surface area contributed by atoms with Gasteiger partial charge in [0.25, 0.3) is 0 Å². The van der Waals surface area contributed by atoms with Crippen LogP contribution in [0.5, 0.6) is 0 Å². The number of benzene rings is 1. The van der Waals surface area contributed by atoms with Crippen LogP contribution in [0.25, 0.3) is 0 Å². The van der Waals surface area contributed by atoms with Crippen LogP contribution in [0, 0.1) is 3.57 Å². The average Bonchev–Trinajstić information content (AvgIpc) is 1.94. The quantitative estimate of drug-likeness (QED) is 0.448. The molecule has 0 saturated carbocycles. The average molecular weight is 385 g/mol. The molecule has 0 fully saturated rings. The van der Waals surface area contributed by atoms with Crippen molar-refractivity contribution < 1.29 is 13.2 Å². The van der Waals surface area contributed by atoms with Gasteiger partial charge in [-0.3, -0.25) is 0 Å². The maximum Gasteiger partial charge on any atom is 0.417 e. The minimum absolute atomic E-state index is 0.292. The topological polar surface area (TPSA) is 0 Å². The summed E-state index contributed by atoms with van der Waals surface area (Å²) in [6, 6.07) is 2.25. The first-order chi connectivity index (χ1) is 5.82. The molecule has 0 aliphatic rings. The van der Waals surface area contributed by atoms with E-state index in [0.29, 0.717) is 8.04 Å². The third-order valence-electron chi connectivity index (χ3n) is 1.32. The molecule has 0 N–H and O–H groups in total. The van der Waals surface area contributed by atoms with E-state index in [9.17, 15) is 13.2 Å². The van der Waals surface area contributed by atoms with Gasteiger partial charge >= 0.3 is 6.18 Å². The van der Waals surface area contributed by atoms with Gasteiger partial charge in [0, 0.05) is 8.04 Å². The maximum atomic E-state index is 12.3. The second-order valence-electron chi connectivity index (χ2n) is 2.24. The van der Waals surface area contributed by atoms with Gasteiger partial charge in [0.15, 0.2) is 0 Å². The number of halogens is 6. The van der Waals surface area contributed by atoms with Crippen molar-refractivity contribution in [3.05, 3.63) is 30.8 Å². The zero-order valence-corrected chi connectivity index (χ0v) is 10.4. The highest BCUT2D eigenvalue weighted by Crippen LogP contribution is 2.37. The minimum atomic E-state index is -4.39. The summed E-state index contributed by atoms with van der Waals surface area (Å²) in [4.78, 5) is 0. The lowest BCUT2D eigenvalue weighted by atomic mass is 10.2. The van der Waals surface area contributed by atoms with Crippen molar-refractivity contribution in [3.63, 3.8) is 0 Å². The molecule has 1 rings (SSSR count). The Morgan fingerprint density at radius 3 is 2.31 bits per heavy atom. The van der Waals surface area contributed by atoms with Crippen LogP contribution >= 0.6 is 50.1 Å². The molecule has 0 saturated heterocycles. The van der Waals surface area contributed by atoms with Crippen molar-refractivity contribution in [3.8, 4) is 0 Å². The third kappa shape index (κ3) is 2.73. The lowest BCUT2D eigenvalue weighted by Crippen LogP contribution is -2.06. The number of rotatable bonds is 0. The van der Waals surface area contributed by atoms with Crippen LogP contribution in [-0.2, 0) is 6.18 Å². The molecule has 0 spiro atoms. The van der Waals surface area contributed by atoms with Gasteiger partial charge in [-0.05, 0) is 50.7 Å². The summed E-state index contributed by atoms with van der Waals surface area (Å²) in [6.07, 6.45) is -4.39. The first-order valence-corrected chi connectivity index (χ1v) is 5.29. The molecule has 0 aliphatic heterocycles. The van der Waals surface area contributed by atoms with E-state index in [1.165, 1.54) is 6.07 Å².